The van der Waals surface area contributed by atoms with E-state index in [1.807, 2.05) is 0 Å². The van der Waals surface area contributed by atoms with E-state index in [1.165, 1.54) is 54.5 Å². The third-order valence-electron chi connectivity index (χ3n) is 3.04. The molecule has 0 bridgehead atoms. The maximum atomic E-state index is 3.62. The van der Waals surface area contributed by atoms with Crippen LogP contribution in [0.2, 0.25) is 0 Å². The number of hydrogen-bond donors (Lipinski definition) is 0. The van der Waals surface area contributed by atoms with Gasteiger partial charge in [0, 0.05) is 6.54 Å². The lowest BCUT2D eigenvalue weighted by Gasteiger charge is -2.24. The SMILES string of the molecule is Brc1sccc1CN1CCCCCCC1. The second-order valence-electron chi connectivity index (χ2n) is 4.26. The van der Waals surface area contributed by atoms with Crippen LogP contribution in [-0.2, 0) is 6.54 Å². The first-order valence-electron chi connectivity index (χ1n) is 5.80. The molecule has 0 spiro atoms. The summed E-state index contributed by atoms with van der Waals surface area (Å²) in [5.41, 5.74) is 1.46. The first-order chi connectivity index (χ1) is 7.36. The average molecular weight is 288 g/mol. The van der Waals surface area contributed by atoms with Gasteiger partial charge in [-0.25, -0.2) is 0 Å². The van der Waals surface area contributed by atoms with Crippen molar-refractivity contribution in [3.8, 4) is 0 Å². The van der Waals surface area contributed by atoms with Crippen LogP contribution in [0.15, 0.2) is 15.2 Å². The molecule has 2 heterocycles. The van der Waals surface area contributed by atoms with Crippen molar-refractivity contribution in [2.24, 2.45) is 0 Å². The largest absolute Gasteiger partial charge is 0.299 e. The Hall–Kier alpha value is 0.140. The fourth-order valence-corrected chi connectivity index (χ4v) is 3.36. The van der Waals surface area contributed by atoms with E-state index < -0.39 is 0 Å². The number of rotatable bonds is 2. The maximum absolute atomic E-state index is 3.62. The van der Waals surface area contributed by atoms with Crippen LogP contribution >= 0.6 is 27.3 Å². The van der Waals surface area contributed by atoms with Crippen molar-refractivity contribution < 1.29 is 0 Å². The summed E-state index contributed by atoms with van der Waals surface area (Å²) in [6.07, 6.45) is 7.03. The second-order valence-corrected chi connectivity index (χ2v) is 6.50. The molecular weight excluding hydrogens is 270 g/mol. The first kappa shape index (κ1) is 11.6. The monoisotopic (exact) mass is 287 g/mol. The van der Waals surface area contributed by atoms with E-state index in [-0.39, 0.29) is 0 Å². The van der Waals surface area contributed by atoms with Crippen molar-refractivity contribution in [2.75, 3.05) is 13.1 Å². The smallest absolute Gasteiger partial charge is 0.0743 e. The van der Waals surface area contributed by atoms with Crippen LogP contribution in [-0.4, -0.2) is 18.0 Å². The zero-order chi connectivity index (χ0) is 10.5. The van der Waals surface area contributed by atoms with Crippen molar-refractivity contribution in [3.05, 3.63) is 20.8 Å². The summed E-state index contributed by atoms with van der Waals surface area (Å²) >= 11 is 5.41. The molecule has 0 aliphatic carbocycles. The molecule has 0 N–H and O–H groups in total. The van der Waals surface area contributed by atoms with E-state index >= 15 is 0 Å². The molecule has 0 amide bonds. The van der Waals surface area contributed by atoms with E-state index in [4.69, 9.17) is 0 Å². The van der Waals surface area contributed by atoms with Crippen molar-refractivity contribution in [1.29, 1.82) is 0 Å². The fraction of sp³-hybridized carbons (Fsp3) is 0.667. The summed E-state index contributed by atoms with van der Waals surface area (Å²) in [6.45, 7) is 3.69. The summed E-state index contributed by atoms with van der Waals surface area (Å²) in [5.74, 6) is 0. The Morgan fingerprint density at radius 1 is 1.13 bits per heavy atom. The van der Waals surface area contributed by atoms with Gasteiger partial charge in [0.25, 0.3) is 0 Å². The molecule has 0 saturated carbocycles. The molecule has 1 aliphatic heterocycles. The highest BCUT2D eigenvalue weighted by atomic mass is 79.9. The number of halogens is 1. The lowest BCUT2D eigenvalue weighted by atomic mass is 10.1. The molecule has 84 valence electrons. The molecule has 1 aromatic heterocycles. The molecule has 15 heavy (non-hydrogen) atoms. The number of nitrogens with zero attached hydrogens (tertiary/aromatic N) is 1. The highest BCUT2D eigenvalue weighted by Crippen LogP contribution is 2.25. The predicted molar refractivity (Wildman–Crippen MR) is 70.4 cm³/mol. The molecule has 1 aromatic rings. The predicted octanol–water partition coefficient (Wildman–Crippen LogP) is 4.28. The Kier molecular flexibility index (Phi) is 4.66. The van der Waals surface area contributed by atoms with Gasteiger partial charge in [0.15, 0.2) is 0 Å². The lowest BCUT2D eigenvalue weighted by molar-refractivity contribution is 0.240. The minimum absolute atomic E-state index is 1.13. The Bertz CT molecular complexity index is 290. The average Bonchev–Trinajstić information content (AvgIpc) is 2.56. The summed E-state index contributed by atoms with van der Waals surface area (Å²) in [6, 6.07) is 2.24. The van der Waals surface area contributed by atoms with E-state index in [0.29, 0.717) is 0 Å². The van der Waals surface area contributed by atoms with Gasteiger partial charge in [-0.15, -0.1) is 11.3 Å². The summed E-state index contributed by atoms with van der Waals surface area (Å²) in [4.78, 5) is 2.60. The van der Waals surface area contributed by atoms with Gasteiger partial charge >= 0.3 is 0 Å². The molecule has 0 aromatic carbocycles. The van der Waals surface area contributed by atoms with Crippen LogP contribution in [0.1, 0.15) is 37.7 Å². The summed E-state index contributed by atoms with van der Waals surface area (Å²) in [5, 5.41) is 2.17. The molecule has 1 aliphatic rings. The Balaban J connectivity index is 1.89. The number of likely N-dealkylation sites (tertiary alicyclic amines) is 1. The summed E-state index contributed by atoms with van der Waals surface area (Å²) in [7, 11) is 0. The standard InChI is InChI=1S/C12H18BrNS/c13-12-11(6-9-15-12)10-14-7-4-2-1-3-5-8-14/h6,9H,1-5,7-8,10H2. The molecule has 0 unspecified atom stereocenters. The van der Waals surface area contributed by atoms with Gasteiger partial charge in [0.2, 0.25) is 0 Å². The second kappa shape index (κ2) is 6.02. The molecule has 2 rings (SSSR count). The van der Waals surface area contributed by atoms with Gasteiger partial charge in [-0.1, -0.05) is 19.3 Å². The van der Waals surface area contributed by atoms with Crippen LogP contribution < -0.4 is 0 Å². The number of thiophene rings is 1. The Morgan fingerprint density at radius 3 is 2.40 bits per heavy atom. The van der Waals surface area contributed by atoms with E-state index in [0.717, 1.165) is 6.54 Å². The zero-order valence-electron chi connectivity index (χ0n) is 9.04. The minimum atomic E-state index is 1.13. The molecule has 1 nitrogen and oxygen atoms in total. The van der Waals surface area contributed by atoms with Crippen molar-refractivity contribution in [2.45, 2.75) is 38.6 Å². The van der Waals surface area contributed by atoms with Crippen LogP contribution in [0.5, 0.6) is 0 Å². The van der Waals surface area contributed by atoms with Gasteiger partial charge in [0.05, 0.1) is 3.79 Å². The maximum Gasteiger partial charge on any atom is 0.0743 e. The van der Waals surface area contributed by atoms with Gasteiger partial charge in [-0.05, 0) is 58.9 Å². The fourth-order valence-electron chi connectivity index (χ4n) is 2.14. The molecular formula is C12H18BrNS. The third kappa shape index (κ3) is 3.58. The van der Waals surface area contributed by atoms with E-state index in [9.17, 15) is 0 Å². The first-order valence-corrected chi connectivity index (χ1v) is 7.48. The normalized spacial score (nSPS) is 19.8. The van der Waals surface area contributed by atoms with Gasteiger partial charge < -0.3 is 0 Å². The van der Waals surface area contributed by atoms with Crippen molar-refractivity contribution in [1.82, 2.24) is 4.90 Å². The van der Waals surface area contributed by atoms with E-state index in [1.54, 1.807) is 11.3 Å². The van der Waals surface area contributed by atoms with Crippen LogP contribution in [0, 0.1) is 0 Å². The Morgan fingerprint density at radius 2 is 1.80 bits per heavy atom. The topological polar surface area (TPSA) is 3.24 Å². The Labute approximate surface area is 105 Å². The van der Waals surface area contributed by atoms with Gasteiger partial charge in [-0.3, -0.25) is 4.90 Å². The molecule has 1 fully saturated rings. The van der Waals surface area contributed by atoms with Crippen LogP contribution in [0.4, 0.5) is 0 Å². The van der Waals surface area contributed by atoms with Gasteiger partial charge in [0.1, 0.15) is 0 Å². The van der Waals surface area contributed by atoms with Crippen molar-refractivity contribution >= 4 is 27.3 Å². The van der Waals surface area contributed by atoms with E-state index in [2.05, 4.69) is 32.3 Å². The molecule has 0 radical (unpaired) electrons. The lowest BCUT2D eigenvalue weighted by Crippen LogP contribution is -2.26. The minimum Gasteiger partial charge on any atom is -0.299 e. The number of hydrogen-bond acceptors (Lipinski definition) is 2. The molecule has 0 atom stereocenters. The highest BCUT2D eigenvalue weighted by Gasteiger charge is 2.10. The molecule has 3 heteroatoms. The molecule has 1 saturated heterocycles. The summed E-state index contributed by atoms with van der Waals surface area (Å²) < 4.78 is 1.31. The van der Waals surface area contributed by atoms with Gasteiger partial charge in [-0.2, -0.15) is 0 Å². The van der Waals surface area contributed by atoms with Crippen molar-refractivity contribution in [3.63, 3.8) is 0 Å². The highest BCUT2D eigenvalue weighted by molar-refractivity contribution is 9.11. The third-order valence-corrected chi connectivity index (χ3v) is 4.85. The van der Waals surface area contributed by atoms with Crippen LogP contribution in [0.3, 0.4) is 0 Å². The quantitative estimate of drug-likeness (QED) is 0.785. The zero-order valence-corrected chi connectivity index (χ0v) is 11.4. The van der Waals surface area contributed by atoms with Crippen LogP contribution in [0.25, 0.3) is 0 Å².